The van der Waals surface area contributed by atoms with Gasteiger partial charge in [0.1, 0.15) is 0 Å². The summed E-state index contributed by atoms with van der Waals surface area (Å²) in [5.74, 6) is 0.189. The molecule has 0 atom stereocenters. The molecule has 0 saturated carbocycles. The minimum atomic E-state index is 0.0916. The van der Waals surface area contributed by atoms with Crippen LogP contribution < -0.4 is 10.6 Å². The van der Waals surface area contributed by atoms with Crippen molar-refractivity contribution in [1.82, 2.24) is 20.1 Å². The van der Waals surface area contributed by atoms with Gasteiger partial charge in [0, 0.05) is 17.3 Å². The summed E-state index contributed by atoms with van der Waals surface area (Å²) in [5.41, 5.74) is 1.60. The van der Waals surface area contributed by atoms with Crippen molar-refractivity contribution in [3.8, 4) is 0 Å². The second-order valence-corrected chi connectivity index (χ2v) is 5.83. The van der Waals surface area contributed by atoms with E-state index in [2.05, 4.69) is 34.6 Å². The van der Waals surface area contributed by atoms with Gasteiger partial charge in [-0.15, -0.1) is 0 Å². The maximum absolute atomic E-state index is 12.2. The zero-order chi connectivity index (χ0) is 14.8. The maximum Gasteiger partial charge on any atom is 0.227 e. The summed E-state index contributed by atoms with van der Waals surface area (Å²) in [5, 5.41) is 11.5. The van der Waals surface area contributed by atoms with Crippen LogP contribution in [0.25, 0.3) is 11.0 Å². The number of fused-ring (bicyclic) bond motifs is 1. The summed E-state index contributed by atoms with van der Waals surface area (Å²) in [7, 11) is 0. The van der Waals surface area contributed by atoms with E-state index >= 15 is 0 Å². The molecule has 2 aromatic heterocycles. The van der Waals surface area contributed by atoms with Gasteiger partial charge in [-0.3, -0.25) is 4.79 Å². The molecule has 6 heteroatoms. The summed E-state index contributed by atoms with van der Waals surface area (Å²) in [4.78, 5) is 16.7. The van der Waals surface area contributed by atoms with Crippen LogP contribution in [0.4, 0.5) is 5.69 Å². The van der Waals surface area contributed by atoms with E-state index in [1.807, 2.05) is 10.7 Å². The first kappa shape index (κ1) is 14.0. The van der Waals surface area contributed by atoms with Gasteiger partial charge >= 0.3 is 0 Å². The average Bonchev–Trinajstić information content (AvgIpc) is 2.91. The molecule has 1 saturated heterocycles. The molecule has 3 heterocycles. The summed E-state index contributed by atoms with van der Waals surface area (Å²) < 4.78 is 1.88. The Morgan fingerprint density at radius 1 is 1.38 bits per heavy atom. The Hall–Kier alpha value is -1.95. The average molecular weight is 287 g/mol. The van der Waals surface area contributed by atoms with Crippen LogP contribution >= 0.6 is 0 Å². The highest BCUT2D eigenvalue weighted by molar-refractivity contribution is 5.94. The molecule has 2 N–H and O–H groups in total. The molecule has 0 spiro atoms. The lowest BCUT2D eigenvalue weighted by molar-refractivity contribution is -0.120. The summed E-state index contributed by atoms with van der Waals surface area (Å²) >= 11 is 0. The fraction of sp³-hybridized carbons (Fsp3) is 0.533. The molecule has 1 aliphatic rings. The van der Waals surface area contributed by atoms with Crippen LogP contribution in [0.5, 0.6) is 0 Å². The van der Waals surface area contributed by atoms with E-state index in [-0.39, 0.29) is 17.9 Å². The predicted octanol–water partition coefficient (Wildman–Crippen LogP) is 1.95. The second-order valence-electron chi connectivity index (χ2n) is 5.83. The number of pyridine rings is 1. The van der Waals surface area contributed by atoms with E-state index in [0.717, 1.165) is 42.7 Å². The molecule has 1 aliphatic heterocycles. The standard InChI is InChI=1S/C15H21N5O/c1-10(2)20-14-12(8-18-20)7-13(9-17-14)19-15(21)11-3-5-16-6-4-11/h7-11,16H,3-6H2,1-2H3,(H,19,21). The van der Waals surface area contributed by atoms with Crippen LogP contribution in [-0.2, 0) is 4.79 Å². The number of amides is 1. The Morgan fingerprint density at radius 2 is 2.14 bits per heavy atom. The van der Waals surface area contributed by atoms with Crippen molar-refractivity contribution < 1.29 is 4.79 Å². The van der Waals surface area contributed by atoms with Crippen LogP contribution in [0.2, 0.25) is 0 Å². The lowest BCUT2D eigenvalue weighted by Crippen LogP contribution is -2.34. The van der Waals surface area contributed by atoms with Crippen LogP contribution in [-0.4, -0.2) is 33.8 Å². The summed E-state index contributed by atoms with van der Waals surface area (Å²) in [6, 6.07) is 2.21. The zero-order valence-corrected chi connectivity index (χ0v) is 12.5. The number of anilines is 1. The first-order chi connectivity index (χ1) is 10.1. The van der Waals surface area contributed by atoms with Gasteiger partial charge in [0.25, 0.3) is 0 Å². The zero-order valence-electron chi connectivity index (χ0n) is 12.5. The maximum atomic E-state index is 12.2. The van der Waals surface area contributed by atoms with E-state index in [1.54, 1.807) is 12.4 Å². The molecular formula is C15H21N5O. The van der Waals surface area contributed by atoms with E-state index in [1.165, 1.54) is 0 Å². The van der Waals surface area contributed by atoms with Gasteiger partial charge in [0.15, 0.2) is 5.65 Å². The lowest BCUT2D eigenvalue weighted by Gasteiger charge is -2.21. The third kappa shape index (κ3) is 2.90. The van der Waals surface area contributed by atoms with Gasteiger partial charge in [-0.2, -0.15) is 5.10 Å². The van der Waals surface area contributed by atoms with Crippen molar-refractivity contribution >= 4 is 22.6 Å². The summed E-state index contributed by atoms with van der Waals surface area (Å²) in [6.45, 7) is 5.97. The molecule has 0 unspecified atom stereocenters. The number of rotatable bonds is 3. The number of hydrogen-bond donors (Lipinski definition) is 2. The van der Waals surface area contributed by atoms with Gasteiger partial charge in [-0.1, -0.05) is 0 Å². The largest absolute Gasteiger partial charge is 0.324 e. The van der Waals surface area contributed by atoms with E-state index < -0.39 is 0 Å². The second kappa shape index (κ2) is 5.81. The molecule has 6 nitrogen and oxygen atoms in total. The van der Waals surface area contributed by atoms with Crippen LogP contribution in [0.15, 0.2) is 18.5 Å². The first-order valence-corrected chi connectivity index (χ1v) is 7.50. The highest BCUT2D eigenvalue weighted by atomic mass is 16.1. The highest BCUT2D eigenvalue weighted by Gasteiger charge is 2.21. The van der Waals surface area contributed by atoms with E-state index in [0.29, 0.717) is 0 Å². The Morgan fingerprint density at radius 3 is 2.86 bits per heavy atom. The molecule has 1 fully saturated rings. The molecule has 0 aliphatic carbocycles. The molecule has 3 rings (SSSR count). The Labute approximate surface area is 123 Å². The van der Waals surface area contributed by atoms with Crippen molar-refractivity contribution in [3.63, 3.8) is 0 Å². The smallest absolute Gasteiger partial charge is 0.227 e. The number of nitrogens with one attached hydrogen (secondary N) is 2. The minimum absolute atomic E-state index is 0.0916. The number of aromatic nitrogens is 3. The first-order valence-electron chi connectivity index (χ1n) is 7.50. The van der Waals surface area contributed by atoms with Gasteiger partial charge < -0.3 is 10.6 Å². The lowest BCUT2D eigenvalue weighted by atomic mass is 9.97. The number of nitrogens with zero attached hydrogens (tertiary/aromatic N) is 3. The van der Waals surface area contributed by atoms with Gasteiger partial charge in [-0.05, 0) is 45.8 Å². The SMILES string of the molecule is CC(C)n1ncc2cc(NC(=O)C3CCNCC3)cnc21. The quantitative estimate of drug-likeness (QED) is 0.905. The number of hydrogen-bond acceptors (Lipinski definition) is 4. The van der Waals surface area contributed by atoms with Crippen molar-refractivity contribution in [2.75, 3.05) is 18.4 Å². The highest BCUT2D eigenvalue weighted by Crippen LogP contribution is 2.20. The van der Waals surface area contributed by atoms with Crippen molar-refractivity contribution in [2.24, 2.45) is 5.92 Å². The third-order valence-electron chi connectivity index (χ3n) is 3.90. The normalized spacial score (nSPS) is 16.5. The minimum Gasteiger partial charge on any atom is -0.324 e. The fourth-order valence-corrected chi connectivity index (χ4v) is 2.71. The fourth-order valence-electron chi connectivity index (χ4n) is 2.71. The Balaban J connectivity index is 1.76. The van der Waals surface area contributed by atoms with Gasteiger partial charge in [-0.25, -0.2) is 9.67 Å². The van der Waals surface area contributed by atoms with Crippen LogP contribution in [0.3, 0.4) is 0 Å². The molecule has 2 aromatic rings. The number of carbonyl (C=O) groups is 1. The monoisotopic (exact) mass is 287 g/mol. The molecule has 0 bridgehead atoms. The topological polar surface area (TPSA) is 71.8 Å². The Kier molecular flexibility index (Phi) is 3.88. The van der Waals surface area contributed by atoms with Crippen molar-refractivity contribution in [3.05, 3.63) is 18.5 Å². The number of piperidine rings is 1. The Bertz CT molecular complexity index is 643. The molecule has 0 radical (unpaired) electrons. The molecule has 1 amide bonds. The van der Waals surface area contributed by atoms with E-state index in [9.17, 15) is 4.79 Å². The predicted molar refractivity (Wildman–Crippen MR) is 82.1 cm³/mol. The molecular weight excluding hydrogens is 266 g/mol. The van der Waals surface area contributed by atoms with Crippen molar-refractivity contribution in [1.29, 1.82) is 0 Å². The van der Waals surface area contributed by atoms with Gasteiger partial charge in [0.2, 0.25) is 5.91 Å². The van der Waals surface area contributed by atoms with Crippen molar-refractivity contribution in [2.45, 2.75) is 32.7 Å². The summed E-state index contributed by atoms with van der Waals surface area (Å²) in [6.07, 6.45) is 5.30. The van der Waals surface area contributed by atoms with Crippen LogP contribution in [0.1, 0.15) is 32.7 Å². The molecule has 112 valence electrons. The number of carbonyl (C=O) groups excluding carboxylic acids is 1. The van der Waals surface area contributed by atoms with Crippen LogP contribution in [0, 0.1) is 5.92 Å². The molecule has 0 aromatic carbocycles. The molecule has 21 heavy (non-hydrogen) atoms. The van der Waals surface area contributed by atoms with E-state index in [4.69, 9.17) is 0 Å². The van der Waals surface area contributed by atoms with Gasteiger partial charge in [0.05, 0.1) is 18.1 Å². The third-order valence-corrected chi connectivity index (χ3v) is 3.90.